The first-order chi connectivity index (χ1) is 13.9. The number of para-hydroxylation sites is 1. The Morgan fingerprint density at radius 2 is 1.86 bits per heavy atom. The fourth-order valence-electron chi connectivity index (χ4n) is 2.54. The van der Waals surface area contributed by atoms with Gasteiger partial charge in [0.15, 0.2) is 11.0 Å². The van der Waals surface area contributed by atoms with Crippen LogP contribution in [-0.4, -0.2) is 33.0 Å². The Balaban J connectivity index is 1.70. The molecule has 1 N–H and O–H groups in total. The van der Waals surface area contributed by atoms with Crippen molar-refractivity contribution in [1.82, 2.24) is 14.8 Å². The van der Waals surface area contributed by atoms with Crippen molar-refractivity contribution in [2.24, 2.45) is 7.05 Å². The van der Waals surface area contributed by atoms with Crippen LogP contribution in [-0.2, 0) is 11.8 Å². The summed E-state index contributed by atoms with van der Waals surface area (Å²) in [4.78, 5) is 12.3. The number of rotatable bonds is 7. The molecule has 3 rings (SSSR count). The second-order valence-electron chi connectivity index (χ2n) is 5.88. The molecule has 1 aromatic heterocycles. The molecule has 0 aliphatic carbocycles. The summed E-state index contributed by atoms with van der Waals surface area (Å²) in [7, 11) is 1.84. The first-order valence-electron chi connectivity index (χ1n) is 8.59. The molecule has 0 bridgehead atoms. The van der Waals surface area contributed by atoms with Gasteiger partial charge in [-0.25, -0.2) is 0 Å². The number of amides is 1. The number of thioether (sulfide) groups is 1. The number of benzene rings is 2. The summed E-state index contributed by atoms with van der Waals surface area (Å²) < 4.78 is 7.49. The lowest BCUT2D eigenvalue weighted by atomic mass is 10.2. The predicted octanol–water partition coefficient (Wildman–Crippen LogP) is 5.57. The van der Waals surface area contributed by atoms with E-state index in [-0.39, 0.29) is 11.7 Å². The van der Waals surface area contributed by atoms with E-state index in [0.717, 1.165) is 11.3 Å². The summed E-state index contributed by atoms with van der Waals surface area (Å²) in [6.07, 6.45) is 0. The minimum Gasteiger partial charge on any atom is -0.493 e. The highest BCUT2D eigenvalue weighted by molar-refractivity contribution is 7.99. The third-order valence-electron chi connectivity index (χ3n) is 3.88. The standard InChI is InChI=1S/C19H17Cl3N4O2S/c1-3-28-16-7-5-4-6-11(16)18-24-25-19(26(18)2)29-10-17(27)23-15-9-13(21)12(20)8-14(15)22/h4-9H,3,10H2,1-2H3,(H,23,27). The summed E-state index contributed by atoms with van der Waals surface area (Å²) in [6.45, 7) is 2.47. The van der Waals surface area contributed by atoms with Crippen LogP contribution in [0.5, 0.6) is 5.75 Å². The van der Waals surface area contributed by atoms with E-state index < -0.39 is 0 Å². The van der Waals surface area contributed by atoms with Crippen LogP contribution in [0.4, 0.5) is 5.69 Å². The van der Waals surface area contributed by atoms with Gasteiger partial charge in [-0.05, 0) is 31.2 Å². The van der Waals surface area contributed by atoms with E-state index in [1.807, 2.05) is 42.8 Å². The number of aromatic nitrogens is 3. The van der Waals surface area contributed by atoms with Crippen LogP contribution in [0, 0.1) is 0 Å². The Morgan fingerprint density at radius 3 is 2.62 bits per heavy atom. The quantitative estimate of drug-likeness (QED) is 0.360. The van der Waals surface area contributed by atoms with Crippen molar-refractivity contribution in [3.05, 3.63) is 51.5 Å². The maximum atomic E-state index is 12.3. The second kappa shape index (κ2) is 9.71. The molecule has 152 valence electrons. The van der Waals surface area contributed by atoms with E-state index in [0.29, 0.717) is 38.3 Å². The molecule has 1 amide bonds. The molecule has 10 heteroatoms. The lowest BCUT2D eigenvalue weighted by molar-refractivity contribution is -0.113. The van der Waals surface area contributed by atoms with Crippen molar-refractivity contribution in [2.45, 2.75) is 12.1 Å². The monoisotopic (exact) mass is 470 g/mol. The van der Waals surface area contributed by atoms with Crippen molar-refractivity contribution < 1.29 is 9.53 Å². The number of ether oxygens (including phenoxy) is 1. The molecule has 0 saturated heterocycles. The molecule has 0 aliphatic heterocycles. The molecule has 0 saturated carbocycles. The van der Waals surface area contributed by atoms with E-state index in [4.69, 9.17) is 39.5 Å². The first-order valence-corrected chi connectivity index (χ1v) is 10.7. The summed E-state index contributed by atoms with van der Waals surface area (Å²) in [5.41, 5.74) is 1.24. The van der Waals surface area contributed by atoms with Gasteiger partial charge >= 0.3 is 0 Å². The van der Waals surface area contributed by atoms with E-state index in [1.54, 1.807) is 0 Å². The smallest absolute Gasteiger partial charge is 0.234 e. The number of nitrogens with zero attached hydrogens (tertiary/aromatic N) is 3. The van der Waals surface area contributed by atoms with Crippen molar-refractivity contribution in [3.63, 3.8) is 0 Å². The average Bonchev–Trinajstić information content (AvgIpc) is 3.05. The fourth-order valence-corrected chi connectivity index (χ4v) is 3.85. The van der Waals surface area contributed by atoms with Crippen LogP contribution in [0.25, 0.3) is 11.4 Å². The van der Waals surface area contributed by atoms with Gasteiger partial charge in [-0.15, -0.1) is 10.2 Å². The second-order valence-corrected chi connectivity index (χ2v) is 8.04. The molecular weight excluding hydrogens is 455 g/mol. The van der Waals surface area contributed by atoms with E-state index in [2.05, 4.69) is 15.5 Å². The van der Waals surface area contributed by atoms with Crippen LogP contribution in [0.15, 0.2) is 41.6 Å². The van der Waals surface area contributed by atoms with Gasteiger partial charge in [-0.1, -0.05) is 58.7 Å². The maximum absolute atomic E-state index is 12.3. The van der Waals surface area contributed by atoms with E-state index in [1.165, 1.54) is 23.9 Å². The minimum atomic E-state index is -0.255. The van der Waals surface area contributed by atoms with Gasteiger partial charge in [0, 0.05) is 7.05 Å². The number of hydrogen-bond acceptors (Lipinski definition) is 5. The van der Waals surface area contributed by atoms with Crippen molar-refractivity contribution in [1.29, 1.82) is 0 Å². The summed E-state index contributed by atoms with van der Waals surface area (Å²) in [5, 5.41) is 12.7. The van der Waals surface area contributed by atoms with Gasteiger partial charge in [0.1, 0.15) is 5.75 Å². The zero-order valence-corrected chi connectivity index (χ0v) is 18.7. The molecule has 3 aromatic rings. The van der Waals surface area contributed by atoms with Crippen LogP contribution in [0.1, 0.15) is 6.92 Å². The van der Waals surface area contributed by atoms with E-state index in [9.17, 15) is 4.79 Å². The van der Waals surface area contributed by atoms with Crippen LogP contribution < -0.4 is 10.1 Å². The number of hydrogen-bond donors (Lipinski definition) is 1. The van der Waals surface area contributed by atoms with Gasteiger partial charge < -0.3 is 14.6 Å². The normalized spacial score (nSPS) is 10.8. The molecule has 29 heavy (non-hydrogen) atoms. The van der Waals surface area contributed by atoms with Crippen molar-refractivity contribution >= 4 is 58.2 Å². The Bertz CT molecular complexity index is 1040. The number of halogens is 3. The van der Waals surface area contributed by atoms with Gasteiger partial charge in [-0.3, -0.25) is 4.79 Å². The Hall–Kier alpha value is -1.93. The molecule has 0 radical (unpaired) electrons. The van der Waals surface area contributed by atoms with Gasteiger partial charge in [0.05, 0.1) is 38.7 Å². The third kappa shape index (κ3) is 5.17. The largest absolute Gasteiger partial charge is 0.493 e. The number of anilines is 1. The molecule has 1 heterocycles. The molecular formula is C19H17Cl3N4O2S. The zero-order valence-electron chi connectivity index (χ0n) is 15.6. The molecule has 6 nitrogen and oxygen atoms in total. The average molecular weight is 472 g/mol. The number of nitrogens with one attached hydrogen (secondary N) is 1. The molecule has 0 spiro atoms. The van der Waals surface area contributed by atoms with Crippen LogP contribution >= 0.6 is 46.6 Å². The SMILES string of the molecule is CCOc1ccccc1-c1nnc(SCC(=O)Nc2cc(Cl)c(Cl)cc2Cl)n1C. The van der Waals surface area contributed by atoms with Gasteiger partial charge in [-0.2, -0.15) is 0 Å². The lowest BCUT2D eigenvalue weighted by Crippen LogP contribution is -2.14. The topological polar surface area (TPSA) is 69.0 Å². The van der Waals surface area contributed by atoms with E-state index >= 15 is 0 Å². The van der Waals surface area contributed by atoms with Crippen LogP contribution in [0.3, 0.4) is 0 Å². The van der Waals surface area contributed by atoms with Gasteiger partial charge in [0.25, 0.3) is 0 Å². The van der Waals surface area contributed by atoms with Crippen molar-refractivity contribution in [3.8, 4) is 17.1 Å². The first kappa shape index (κ1) is 21.8. The molecule has 0 unspecified atom stereocenters. The Labute approximate surface area is 187 Å². The lowest BCUT2D eigenvalue weighted by Gasteiger charge is -2.10. The molecule has 0 atom stereocenters. The highest BCUT2D eigenvalue weighted by atomic mass is 35.5. The zero-order chi connectivity index (χ0) is 21.0. The Morgan fingerprint density at radius 1 is 1.14 bits per heavy atom. The number of carbonyl (C=O) groups excluding carboxylic acids is 1. The third-order valence-corrected chi connectivity index (χ3v) is 5.93. The highest BCUT2D eigenvalue weighted by Crippen LogP contribution is 2.33. The molecule has 0 fully saturated rings. The Kier molecular flexibility index (Phi) is 7.29. The summed E-state index contributed by atoms with van der Waals surface area (Å²) in [5.74, 6) is 1.25. The van der Waals surface area contributed by atoms with Crippen LogP contribution in [0.2, 0.25) is 15.1 Å². The fraction of sp³-hybridized carbons (Fsp3) is 0.211. The number of carbonyl (C=O) groups is 1. The van der Waals surface area contributed by atoms with Crippen molar-refractivity contribution in [2.75, 3.05) is 17.7 Å². The highest BCUT2D eigenvalue weighted by Gasteiger charge is 2.16. The minimum absolute atomic E-state index is 0.121. The molecule has 0 aliphatic rings. The maximum Gasteiger partial charge on any atom is 0.234 e. The predicted molar refractivity (Wildman–Crippen MR) is 118 cm³/mol. The summed E-state index contributed by atoms with van der Waals surface area (Å²) in [6, 6.07) is 10.6. The summed E-state index contributed by atoms with van der Waals surface area (Å²) >= 11 is 19.2. The molecule has 2 aromatic carbocycles. The van der Waals surface area contributed by atoms with Gasteiger partial charge in [0.2, 0.25) is 5.91 Å².